The van der Waals surface area contributed by atoms with Gasteiger partial charge in [-0.1, -0.05) is 12.8 Å². The van der Waals surface area contributed by atoms with Crippen molar-refractivity contribution in [1.29, 1.82) is 0 Å². The van der Waals surface area contributed by atoms with E-state index in [-0.39, 0.29) is 12.5 Å². The number of rotatable bonds is 5. The molecule has 0 aliphatic carbocycles. The Hall–Kier alpha value is -1.83. The van der Waals surface area contributed by atoms with E-state index in [2.05, 4.69) is 16.0 Å². The van der Waals surface area contributed by atoms with Gasteiger partial charge in [-0.3, -0.25) is 4.79 Å². The molecule has 0 saturated carbocycles. The summed E-state index contributed by atoms with van der Waals surface area (Å²) >= 11 is 0. The van der Waals surface area contributed by atoms with Gasteiger partial charge in [0, 0.05) is 6.54 Å². The second kappa shape index (κ2) is 5.81. The van der Waals surface area contributed by atoms with Crippen molar-refractivity contribution >= 4 is 5.91 Å². The Labute approximate surface area is 89.1 Å². The van der Waals surface area contributed by atoms with Crippen LogP contribution in [0, 0.1) is 12.3 Å². The first kappa shape index (κ1) is 11.2. The molecule has 0 fully saturated rings. The van der Waals surface area contributed by atoms with Crippen molar-refractivity contribution in [3.05, 3.63) is 12.7 Å². The number of nitrogens with zero attached hydrogens (tertiary/aromatic N) is 4. The summed E-state index contributed by atoms with van der Waals surface area (Å²) in [5, 5.41) is 3.87. The molecule has 1 heterocycles. The second-order valence-corrected chi connectivity index (χ2v) is 3.11. The largest absolute Gasteiger partial charge is 0.330 e. The zero-order valence-electron chi connectivity index (χ0n) is 8.76. The van der Waals surface area contributed by atoms with Crippen LogP contribution >= 0.6 is 0 Å². The average molecular weight is 206 g/mol. The first-order valence-electron chi connectivity index (χ1n) is 4.81. The molecule has 1 amide bonds. The maximum absolute atomic E-state index is 11.7. The molecule has 15 heavy (non-hydrogen) atoms. The van der Waals surface area contributed by atoms with Crippen molar-refractivity contribution < 1.29 is 4.79 Å². The van der Waals surface area contributed by atoms with Crippen LogP contribution in [0.3, 0.4) is 0 Å². The predicted octanol–water partition coefficient (Wildman–Crippen LogP) is 0.150. The molecule has 80 valence electrons. The molecule has 5 heteroatoms. The van der Waals surface area contributed by atoms with Crippen molar-refractivity contribution in [2.45, 2.75) is 19.9 Å². The molecule has 1 aromatic heterocycles. The highest BCUT2D eigenvalue weighted by Gasteiger charge is 2.11. The number of hydrogen-bond acceptors (Lipinski definition) is 3. The maximum Gasteiger partial charge on any atom is 0.245 e. The van der Waals surface area contributed by atoms with E-state index < -0.39 is 0 Å². The van der Waals surface area contributed by atoms with E-state index >= 15 is 0 Å². The van der Waals surface area contributed by atoms with E-state index in [0.29, 0.717) is 13.1 Å². The molecule has 0 radical (unpaired) electrons. The topological polar surface area (TPSA) is 51.0 Å². The van der Waals surface area contributed by atoms with Crippen LogP contribution in [0.2, 0.25) is 0 Å². The van der Waals surface area contributed by atoms with Gasteiger partial charge in [0.25, 0.3) is 0 Å². The number of hydrogen-bond donors (Lipinski definition) is 0. The highest BCUT2D eigenvalue weighted by molar-refractivity contribution is 5.76. The molecule has 0 aliphatic heterocycles. The van der Waals surface area contributed by atoms with E-state index in [4.69, 9.17) is 6.42 Å². The van der Waals surface area contributed by atoms with Gasteiger partial charge < -0.3 is 4.90 Å². The van der Waals surface area contributed by atoms with Crippen LogP contribution in [0.4, 0.5) is 0 Å². The normalized spacial score (nSPS) is 9.60. The highest BCUT2D eigenvalue weighted by atomic mass is 16.2. The molecule has 0 atom stereocenters. The maximum atomic E-state index is 11.7. The van der Waals surface area contributed by atoms with Crippen molar-refractivity contribution in [3.8, 4) is 12.3 Å². The van der Waals surface area contributed by atoms with E-state index in [1.807, 2.05) is 6.92 Å². The minimum absolute atomic E-state index is 0.0275. The minimum atomic E-state index is -0.0275. The number of terminal acetylenes is 1. The molecule has 0 aliphatic rings. The van der Waals surface area contributed by atoms with Crippen LogP contribution in [-0.2, 0) is 11.3 Å². The molecule has 5 nitrogen and oxygen atoms in total. The van der Waals surface area contributed by atoms with E-state index in [0.717, 1.165) is 6.42 Å². The van der Waals surface area contributed by atoms with Crippen LogP contribution in [-0.4, -0.2) is 38.7 Å². The number of carbonyl (C=O) groups excluding carboxylic acids is 1. The molecule has 1 rings (SSSR count). The van der Waals surface area contributed by atoms with Crippen LogP contribution in [0.1, 0.15) is 13.3 Å². The van der Waals surface area contributed by atoms with Gasteiger partial charge >= 0.3 is 0 Å². The van der Waals surface area contributed by atoms with E-state index in [9.17, 15) is 4.79 Å². The average Bonchev–Trinajstić information content (AvgIpc) is 2.70. The summed E-state index contributed by atoms with van der Waals surface area (Å²) in [5.74, 6) is 2.45. The Morgan fingerprint density at radius 3 is 3.00 bits per heavy atom. The molecular formula is C10H14N4O. The summed E-state index contributed by atoms with van der Waals surface area (Å²) in [5.41, 5.74) is 0. The molecule has 0 spiro atoms. The van der Waals surface area contributed by atoms with Gasteiger partial charge in [-0.2, -0.15) is 5.10 Å². The highest BCUT2D eigenvalue weighted by Crippen LogP contribution is 1.94. The van der Waals surface area contributed by atoms with Gasteiger partial charge in [0.1, 0.15) is 19.2 Å². The quantitative estimate of drug-likeness (QED) is 0.644. The lowest BCUT2D eigenvalue weighted by Crippen LogP contribution is -2.34. The van der Waals surface area contributed by atoms with Crippen LogP contribution in [0.25, 0.3) is 0 Å². The van der Waals surface area contributed by atoms with Crippen molar-refractivity contribution in [2.24, 2.45) is 0 Å². The zero-order chi connectivity index (χ0) is 11.1. The molecular weight excluding hydrogens is 192 g/mol. The van der Waals surface area contributed by atoms with Gasteiger partial charge in [-0.05, 0) is 6.42 Å². The fourth-order valence-corrected chi connectivity index (χ4v) is 1.23. The molecule has 0 unspecified atom stereocenters. The van der Waals surface area contributed by atoms with Crippen molar-refractivity contribution in [2.75, 3.05) is 13.1 Å². The van der Waals surface area contributed by atoms with Gasteiger partial charge in [0.05, 0.1) is 6.54 Å². The monoisotopic (exact) mass is 206 g/mol. The third-order valence-electron chi connectivity index (χ3n) is 1.89. The summed E-state index contributed by atoms with van der Waals surface area (Å²) in [7, 11) is 0. The Morgan fingerprint density at radius 2 is 2.47 bits per heavy atom. The van der Waals surface area contributed by atoms with Crippen LogP contribution in [0.5, 0.6) is 0 Å². The lowest BCUT2D eigenvalue weighted by atomic mass is 10.4. The van der Waals surface area contributed by atoms with Gasteiger partial charge in [-0.15, -0.1) is 6.42 Å². The third kappa shape index (κ3) is 3.43. The number of aromatic nitrogens is 3. The first-order chi connectivity index (χ1) is 7.27. The lowest BCUT2D eigenvalue weighted by Gasteiger charge is -2.18. The third-order valence-corrected chi connectivity index (χ3v) is 1.89. The lowest BCUT2D eigenvalue weighted by molar-refractivity contribution is -0.131. The van der Waals surface area contributed by atoms with Gasteiger partial charge in [0.15, 0.2) is 0 Å². The molecule has 0 N–H and O–H groups in total. The van der Waals surface area contributed by atoms with Crippen molar-refractivity contribution in [1.82, 2.24) is 19.7 Å². The van der Waals surface area contributed by atoms with Crippen LogP contribution < -0.4 is 0 Å². The minimum Gasteiger partial charge on any atom is -0.330 e. The van der Waals surface area contributed by atoms with E-state index in [1.165, 1.54) is 17.3 Å². The summed E-state index contributed by atoms with van der Waals surface area (Å²) in [6, 6.07) is 0. The second-order valence-electron chi connectivity index (χ2n) is 3.11. The summed E-state index contributed by atoms with van der Waals surface area (Å²) in [4.78, 5) is 17.1. The van der Waals surface area contributed by atoms with Gasteiger partial charge in [-0.25, -0.2) is 9.67 Å². The Kier molecular flexibility index (Phi) is 4.35. The van der Waals surface area contributed by atoms with Crippen LogP contribution in [0.15, 0.2) is 12.7 Å². The molecule has 0 saturated heterocycles. The fourth-order valence-electron chi connectivity index (χ4n) is 1.23. The number of carbonyl (C=O) groups is 1. The summed E-state index contributed by atoms with van der Waals surface area (Å²) in [6.07, 6.45) is 9.00. The molecule has 0 aromatic carbocycles. The smallest absolute Gasteiger partial charge is 0.245 e. The summed E-state index contributed by atoms with van der Waals surface area (Å²) in [6.45, 7) is 3.23. The fraction of sp³-hybridized carbons (Fsp3) is 0.500. The number of amides is 1. The summed E-state index contributed by atoms with van der Waals surface area (Å²) < 4.78 is 1.49. The molecule has 0 bridgehead atoms. The predicted molar refractivity (Wildman–Crippen MR) is 55.7 cm³/mol. The SMILES string of the molecule is C#CCN(CCC)C(=O)Cn1cncn1. The Bertz CT molecular complexity index is 339. The van der Waals surface area contributed by atoms with Crippen molar-refractivity contribution in [3.63, 3.8) is 0 Å². The van der Waals surface area contributed by atoms with Gasteiger partial charge in [0.2, 0.25) is 5.91 Å². The van der Waals surface area contributed by atoms with E-state index in [1.54, 1.807) is 4.90 Å². The Balaban J connectivity index is 2.53. The first-order valence-corrected chi connectivity index (χ1v) is 4.81. The zero-order valence-corrected chi connectivity index (χ0v) is 8.76. The standard InChI is InChI=1S/C10H14N4O/c1-3-5-13(6-4-2)10(15)7-14-9-11-8-12-14/h1,8-9H,4-7H2,2H3. The molecule has 1 aromatic rings. The Morgan fingerprint density at radius 1 is 1.67 bits per heavy atom.